The molecule has 3 aromatic rings. The molecular weight excluding hydrogens is 429 g/mol. The number of amides is 2. The van der Waals surface area contributed by atoms with E-state index in [1.165, 1.54) is 23.5 Å². The number of aromatic nitrogens is 3. The van der Waals surface area contributed by atoms with E-state index in [4.69, 9.17) is 0 Å². The van der Waals surface area contributed by atoms with Crippen molar-refractivity contribution in [1.82, 2.24) is 25.0 Å². The van der Waals surface area contributed by atoms with Crippen molar-refractivity contribution in [3.63, 3.8) is 0 Å². The molecule has 1 saturated heterocycles. The van der Waals surface area contributed by atoms with Crippen LogP contribution in [0.4, 0.5) is 4.39 Å². The van der Waals surface area contributed by atoms with Gasteiger partial charge in [-0.3, -0.25) is 14.3 Å². The lowest BCUT2D eigenvalue weighted by molar-refractivity contribution is 0.0684. The molecule has 9 heteroatoms. The highest BCUT2D eigenvalue weighted by Gasteiger charge is 2.54. The highest BCUT2D eigenvalue weighted by molar-refractivity contribution is 7.15. The van der Waals surface area contributed by atoms with E-state index >= 15 is 0 Å². The molecule has 0 radical (unpaired) electrons. The van der Waals surface area contributed by atoms with Crippen LogP contribution in [0, 0.1) is 25.6 Å². The maximum Gasteiger partial charge on any atom is 0.274 e. The number of aryl methyl sites for hydroxylation is 3. The lowest BCUT2D eigenvalue weighted by Crippen LogP contribution is -2.45. The van der Waals surface area contributed by atoms with Crippen molar-refractivity contribution in [3.8, 4) is 10.4 Å². The molecule has 2 amide bonds. The van der Waals surface area contributed by atoms with Gasteiger partial charge in [-0.2, -0.15) is 5.10 Å². The fourth-order valence-electron chi connectivity index (χ4n) is 4.70. The number of fused-ring (bicyclic) bond motifs is 1. The summed E-state index contributed by atoms with van der Waals surface area (Å²) in [6.45, 7) is 4.07. The van der Waals surface area contributed by atoms with Crippen LogP contribution >= 0.6 is 11.3 Å². The average Bonchev–Trinajstić information content (AvgIpc) is 3.06. The molecule has 3 heterocycles. The maximum absolute atomic E-state index is 13.8. The Balaban J connectivity index is 1.36. The second-order valence-corrected chi connectivity index (χ2v) is 9.79. The van der Waals surface area contributed by atoms with Gasteiger partial charge in [0.15, 0.2) is 0 Å². The van der Waals surface area contributed by atoms with Gasteiger partial charge in [-0.1, -0.05) is 12.1 Å². The Morgan fingerprint density at radius 2 is 2.06 bits per heavy atom. The summed E-state index contributed by atoms with van der Waals surface area (Å²) >= 11 is 1.39. The molecule has 5 rings (SSSR count). The Labute approximate surface area is 189 Å². The molecule has 1 saturated carbocycles. The Morgan fingerprint density at radius 3 is 2.78 bits per heavy atom. The number of hydrogen-bond donors (Lipinski definition) is 1. The number of piperidine rings is 1. The molecular formula is C23H24FN5O2S. The number of halogens is 1. The first-order chi connectivity index (χ1) is 15.3. The monoisotopic (exact) mass is 453 g/mol. The number of nitrogens with zero attached hydrogens (tertiary/aromatic N) is 4. The van der Waals surface area contributed by atoms with Crippen LogP contribution in [0.1, 0.15) is 44.5 Å². The second kappa shape index (κ2) is 7.81. The van der Waals surface area contributed by atoms with Crippen molar-refractivity contribution in [2.24, 2.45) is 13.0 Å². The Bertz CT molecular complexity index is 1220. The fourth-order valence-corrected chi connectivity index (χ4v) is 5.61. The molecule has 32 heavy (non-hydrogen) atoms. The minimum atomic E-state index is -0.346. The topological polar surface area (TPSA) is 80.1 Å². The number of carbonyl (C=O) groups is 2. The fraction of sp³-hybridized carbons (Fsp3) is 0.391. The van der Waals surface area contributed by atoms with Crippen molar-refractivity contribution < 1.29 is 14.0 Å². The summed E-state index contributed by atoms with van der Waals surface area (Å²) in [4.78, 5) is 33.3. The molecule has 7 nitrogen and oxygen atoms in total. The molecule has 2 fully saturated rings. The molecule has 3 atom stereocenters. The maximum atomic E-state index is 13.8. The number of nitrogens with one attached hydrogen (secondary N) is 1. The van der Waals surface area contributed by atoms with Gasteiger partial charge < -0.3 is 10.2 Å². The van der Waals surface area contributed by atoms with Crippen LogP contribution in [-0.2, 0) is 7.05 Å². The van der Waals surface area contributed by atoms with Gasteiger partial charge in [0.25, 0.3) is 11.8 Å². The van der Waals surface area contributed by atoms with E-state index in [-0.39, 0.29) is 29.7 Å². The van der Waals surface area contributed by atoms with Crippen LogP contribution in [0.25, 0.3) is 10.4 Å². The quantitative estimate of drug-likeness (QED) is 0.643. The summed E-state index contributed by atoms with van der Waals surface area (Å²) in [5.74, 6) is -0.223. The van der Waals surface area contributed by atoms with Gasteiger partial charge in [-0.15, -0.1) is 11.3 Å². The van der Waals surface area contributed by atoms with E-state index in [0.717, 1.165) is 23.5 Å². The number of benzene rings is 1. The van der Waals surface area contributed by atoms with E-state index in [0.29, 0.717) is 34.3 Å². The standard InChI is InChI=1S/C23H24FN5O2S/c1-12-7-19(28(3)27-12)22(30)25-11-17-9-15-10-18(15)29(17)23(31)20-21(32-13(2)26-20)14-5-4-6-16(24)8-14/h4-8,15,17-18H,9-11H2,1-3H3,(H,25,30)/t15?,17-,18?/m0/s1. The first-order valence-electron chi connectivity index (χ1n) is 10.7. The molecule has 1 aromatic carbocycles. The summed E-state index contributed by atoms with van der Waals surface area (Å²) in [6.07, 6.45) is 1.84. The van der Waals surface area contributed by atoms with Crippen LogP contribution in [0.3, 0.4) is 0 Å². The van der Waals surface area contributed by atoms with Gasteiger partial charge in [-0.05, 0) is 56.4 Å². The predicted molar refractivity (Wildman–Crippen MR) is 119 cm³/mol. The lowest BCUT2D eigenvalue weighted by Gasteiger charge is -2.27. The van der Waals surface area contributed by atoms with Crippen molar-refractivity contribution in [2.45, 2.75) is 38.8 Å². The first-order valence-corrected chi connectivity index (χ1v) is 11.5. The third kappa shape index (κ3) is 3.70. The summed E-state index contributed by atoms with van der Waals surface area (Å²) < 4.78 is 15.4. The zero-order valence-corrected chi connectivity index (χ0v) is 18.9. The van der Waals surface area contributed by atoms with Crippen molar-refractivity contribution in [2.75, 3.05) is 6.54 Å². The van der Waals surface area contributed by atoms with E-state index in [1.54, 1.807) is 29.9 Å². The van der Waals surface area contributed by atoms with Crippen LogP contribution in [0.15, 0.2) is 30.3 Å². The SMILES string of the molecule is Cc1cc(C(=O)NC[C@@H]2CC3CC3N2C(=O)c2nc(C)sc2-c2cccc(F)c2)n(C)n1. The average molecular weight is 454 g/mol. The van der Waals surface area contributed by atoms with Crippen molar-refractivity contribution in [3.05, 3.63) is 58.2 Å². The second-order valence-electron chi connectivity index (χ2n) is 8.59. The molecule has 1 aliphatic heterocycles. The van der Waals surface area contributed by atoms with Gasteiger partial charge >= 0.3 is 0 Å². The Hall–Kier alpha value is -3.07. The summed E-state index contributed by atoms with van der Waals surface area (Å²) in [5.41, 5.74) is 2.29. The molecule has 2 unspecified atom stereocenters. The summed E-state index contributed by atoms with van der Waals surface area (Å²) in [7, 11) is 1.74. The third-order valence-corrected chi connectivity index (χ3v) is 7.22. The number of carbonyl (C=O) groups excluding carboxylic acids is 2. The normalized spacial score (nSPS) is 21.5. The zero-order chi connectivity index (χ0) is 22.6. The third-order valence-electron chi connectivity index (χ3n) is 6.20. The molecule has 1 N–H and O–H groups in total. The lowest BCUT2D eigenvalue weighted by atomic mass is 10.1. The van der Waals surface area contributed by atoms with E-state index in [1.807, 2.05) is 18.7 Å². The summed E-state index contributed by atoms with van der Waals surface area (Å²) in [6, 6.07) is 8.09. The Kier molecular flexibility index (Phi) is 5.08. The van der Waals surface area contributed by atoms with Gasteiger partial charge in [0, 0.05) is 19.6 Å². The van der Waals surface area contributed by atoms with E-state index in [2.05, 4.69) is 15.4 Å². The van der Waals surface area contributed by atoms with Crippen molar-refractivity contribution >= 4 is 23.2 Å². The Morgan fingerprint density at radius 1 is 1.25 bits per heavy atom. The molecule has 0 spiro atoms. The van der Waals surface area contributed by atoms with Crippen LogP contribution in [0.2, 0.25) is 0 Å². The molecule has 0 bridgehead atoms. The van der Waals surface area contributed by atoms with E-state index < -0.39 is 0 Å². The number of hydrogen-bond acceptors (Lipinski definition) is 5. The van der Waals surface area contributed by atoms with Crippen LogP contribution < -0.4 is 5.32 Å². The zero-order valence-electron chi connectivity index (χ0n) is 18.1. The number of thiazole rings is 1. The van der Waals surface area contributed by atoms with Crippen molar-refractivity contribution in [1.29, 1.82) is 0 Å². The summed E-state index contributed by atoms with van der Waals surface area (Å²) in [5, 5.41) is 7.95. The van der Waals surface area contributed by atoms with Gasteiger partial charge in [0.1, 0.15) is 17.2 Å². The van der Waals surface area contributed by atoms with Crippen LogP contribution in [0.5, 0.6) is 0 Å². The predicted octanol–water partition coefficient (Wildman–Crippen LogP) is 3.33. The highest BCUT2D eigenvalue weighted by atomic mass is 32.1. The van der Waals surface area contributed by atoms with Crippen LogP contribution in [-0.4, -0.2) is 50.1 Å². The van der Waals surface area contributed by atoms with E-state index in [9.17, 15) is 14.0 Å². The first kappa shape index (κ1) is 20.8. The molecule has 2 aliphatic rings. The molecule has 166 valence electrons. The highest BCUT2D eigenvalue weighted by Crippen LogP contribution is 2.48. The molecule has 2 aromatic heterocycles. The number of likely N-dealkylation sites (tertiary alicyclic amines) is 1. The van der Waals surface area contributed by atoms with Gasteiger partial charge in [-0.25, -0.2) is 9.37 Å². The van der Waals surface area contributed by atoms with Gasteiger partial charge in [0.05, 0.1) is 21.6 Å². The largest absolute Gasteiger partial charge is 0.349 e. The smallest absolute Gasteiger partial charge is 0.274 e. The minimum absolute atomic E-state index is 0.0908. The van der Waals surface area contributed by atoms with Gasteiger partial charge in [0.2, 0.25) is 0 Å². The minimum Gasteiger partial charge on any atom is -0.349 e. The number of rotatable bonds is 5. The molecule has 1 aliphatic carbocycles.